The van der Waals surface area contributed by atoms with Gasteiger partial charge in [-0.2, -0.15) is 0 Å². The van der Waals surface area contributed by atoms with E-state index in [0.717, 1.165) is 34.9 Å². The van der Waals surface area contributed by atoms with Crippen LogP contribution in [0.25, 0.3) is 10.9 Å². The summed E-state index contributed by atoms with van der Waals surface area (Å²) in [5.74, 6) is -0.410. The van der Waals surface area contributed by atoms with E-state index in [2.05, 4.69) is 10.3 Å². The fourth-order valence-electron chi connectivity index (χ4n) is 5.80. The van der Waals surface area contributed by atoms with Gasteiger partial charge in [0.15, 0.2) is 0 Å². The van der Waals surface area contributed by atoms with Crippen LogP contribution in [0.4, 0.5) is 0 Å². The minimum Gasteiger partial charge on any atom is -0.361 e. The Balaban J connectivity index is 1.66. The Bertz CT molecular complexity index is 1330. The number of fused-ring (bicyclic) bond motifs is 1. The predicted octanol–water partition coefficient (Wildman–Crippen LogP) is 4.40. The lowest BCUT2D eigenvalue weighted by atomic mass is 9.65. The van der Waals surface area contributed by atoms with Gasteiger partial charge in [-0.25, -0.2) is 0 Å². The highest BCUT2D eigenvalue weighted by Gasteiger charge is 2.48. The number of aromatic nitrogens is 1. The van der Waals surface area contributed by atoms with Crippen LogP contribution in [0.2, 0.25) is 0 Å². The molecule has 4 N–H and O–H groups in total. The molecule has 1 aliphatic rings. The Hall–Kier alpha value is -3.45. The maximum absolute atomic E-state index is 14.2. The zero-order valence-electron chi connectivity index (χ0n) is 23.8. The summed E-state index contributed by atoms with van der Waals surface area (Å²) >= 11 is 0. The number of nitrogens with two attached hydrogens (primary N) is 1. The number of H-pyrrole nitrogens is 1. The molecular weight excluding hydrogens is 488 g/mol. The largest absolute Gasteiger partial charge is 0.361 e. The molecule has 0 bridgehead atoms. The summed E-state index contributed by atoms with van der Waals surface area (Å²) in [7, 11) is 0. The van der Waals surface area contributed by atoms with Crippen molar-refractivity contribution in [3.05, 3.63) is 71.9 Å². The molecule has 7 nitrogen and oxygen atoms in total. The maximum Gasteiger partial charge on any atom is 0.245 e. The minimum absolute atomic E-state index is 0.164. The Morgan fingerprint density at radius 3 is 2.36 bits per heavy atom. The van der Waals surface area contributed by atoms with Crippen molar-refractivity contribution in [3.63, 3.8) is 0 Å². The van der Waals surface area contributed by atoms with Gasteiger partial charge < -0.3 is 20.9 Å². The first-order chi connectivity index (χ1) is 18.3. The number of hydrogen-bond acceptors (Lipinski definition) is 4. The smallest absolute Gasteiger partial charge is 0.245 e. The number of Topliss-reactive ketones (excluding diaryl/α,β-unsaturated/α-hetero) is 1. The summed E-state index contributed by atoms with van der Waals surface area (Å²) in [6.07, 6.45) is 4.22. The van der Waals surface area contributed by atoms with E-state index in [1.54, 1.807) is 18.7 Å². The Morgan fingerprint density at radius 1 is 1.03 bits per heavy atom. The van der Waals surface area contributed by atoms with Crippen molar-refractivity contribution < 1.29 is 14.4 Å². The van der Waals surface area contributed by atoms with Gasteiger partial charge in [-0.15, -0.1) is 0 Å². The van der Waals surface area contributed by atoms with Crippen LogP contribution < -0.4 is 11.1 Å². The predicted molar refractivity (Wildman–Crippen MR) is 155 cm³/mol. The van der Waals surface area contributed by atoms with E-state index in [1.165, 1.54) is 0 Å². The van der Waals surface area contributed by atoms with Gasteiger partial charge in [0.1, 0.15) is 11.8 Å². The SMILES string of the molecule is CC(C)(C)C(=O)[C@@]1(Cc2ccccc2)CCCN(C(=O)[C@@H](Cc2c[nH]c3ccccc23)NC(=O)C(C)(C)N)C1. The second-order valence-electron chi connectivity index (χ2n) is 12.7. The van der Waals surface area contributed by atoms with Crippen LogP contribution in [0.5, 0.6) is 0 Å². The molecule has 0 spiro atoms. The molecule has 4 rings (SSSR count). The van der Waals surface area contributed by atoms with Crippen molar-refractivity contribution in [2.75, 3.05) is 13.1 Å². The number of para-hydroxylation sites is 1. The second kappa shape index (κ2) is 11.0. The van der Waals surface area contributed by atoms with E-state index >= 15 is 0 Å². The number of piperidine rings is 1. The molecule has 0 radical (unpaired) electrons. The minimum atomic E-state index is -1.14. The van der Waals surface area contributed by atoms with Gasteiger partial charge in [0, 0.05) is 42.0 Å². The summed E-state index contributed by atoms with van der Waals surface area (Å²) < 4.78 is 0. The van der Waals surface area contributed by atoms with E-state index < -0.39 is 22.4 Å². The number of benzene rings is 2. The molecule has 0 unspecified atom stereocenters. The van der Waals surface area contributed by atoms with Crippen molar-refractivity contribution in [2.24, 2.45) is 16.6 Å². The Kier molecular flexibility index (Phi) is 8.03. The highest BCUT2D eigenvalue weighted by Crippen LogP contribution is 2.40. The number of rotatable bonds is 8. The van der Waals surface area contributed by atoms with Crippen LogP contribution in [0.1, 0.15) is 58.6 Å². The fraction of sp³-hybridized carbons (Fsp3) is 0.469. The number of ketones is 1. The monoisotopic (exact) mass is 530 g/mol. The normalized spacial score (nSPS) is 19.1. The number of amides is 2. The lowest BCUT2D eigenvalue weighted by molar-refractivity contribution is -0.147. The maximum atomic E-state index is 14.2. The number of likely N-dealkylation sites (tertiary alicyclic amines) is 1. The number of nitrogens with zero attached hydrogens (tertiary/aromatic N) is 1. The molecule has 2 aromatic carbocycles. The summed E-state index contributed by atoms with van der Waals surface area (Å²) in [6.45, 7) is 9.97. The van der Waals surface area contributed by atoms with Gasteiger partial charge in [-0.3, -0.25) is 14.4 Å². The number of carbonyl (C=O) groups is 3. The van der Waals surface area contributed by atoms with Gasteiger partial charge >= 0.3 is 0 Å². The molecule has 1 aromatic heterocycles. The van der Waals surface area contributed by atoms with Crippen molar-refractivity contribution in [2.45, 2.75) is 71.9 Å². The standard InChI is InChI=1S/C32H42N4O3/c1-30(2,3)28(38)32(19-22-12-7-6-8-13-22)16-11-17-36(21-32)27(37)26(35-29(39)31(4,5)33)18-23-20-34-25-15-10-9-14-24(23)25/h6-10,12-15,20,26,34H,11,16-19,21,33H2,1-5H3,(H,35,39)/t26-,32-/m1/s1. The lowest BCUT2D eigenvalue weighted by Crippen LogP contribution is -2.60. The first-order valence-corrected chi connectivity index (χ1v) is 13.8. The van der Waals surface area contributed by atoms with E-state index in [1.807, 2.05) is 81.6 Å². The van der Waals surface area contributed by atoms with Gasteiger partial charge in [0.2, 0.25) is 11.8 Å². The van der Waals surface area contributed by atoms with E-state index in [4.69, 9.17) is 5.73 Å². The molecule has 1 saturated heterocycles. The van der Waals surface area contributed by atoms with Crippen LogP contribution >= 0.6 is 0 Å². The molecule has 1 aliphatic heterocycles. The topological polar surface area (TPSA) is 108 Å². The Labute approximate surface area is 231 Å². The molecule has 208 valence electrons. The average Bonchev–Trinajstić information content (AvgIpc) is 3.29. The van der Waals surface area contributed by atoms with Gasteiger partial charge in [-0.1, -0.05) is 69.3 Å². The molecule has 39 heavy (non-hydrogen) atoms. The highest BCUT2D eigenvalue weighted by atomic mass is 16.2. The fourth-order valence-corrected chi connectivity index (χ4v) is 5.80. The second-order valence-corrected chi connectivity index (χ2v) is 12.7. The van der Waals surface area contributed by atoms with Crippen LogP contribution in [0.3, 0.4) is 0 Å². The van der Waals surface area contributed by atoms with Gasteiger partial charge in [-0.05, 0) is 50.3 Å². The average molecular weight is 531 g/mol. The number of hydrogen-bond donors (Lipinski definition) is 3. The number of aromatic amines is 1. The van der Waals surface area contributed by atoms with E-state index in [0.29, 0.717) is 25.9 Å². The van der Waals surface area contributed by atoms with Gasteiger partial charge in [0.25, 0.3) is 0 Å². The zero-order valence-corrected chi connectivity index (χ0v) is 23.8. The van der Waals surface area contributed by atoms with Crippen molar-refractivity contribution >= 4 is 28.5 Å². The molecule has 0 saturated carbocycles. The molecule has 0 aliphatic carbocycles. The molecule has 7 heteroatoms. The van der Waals surface area contributed by atoms with E-state index in [-0.39, 0.29) is 17.6 Å². The number of carbonyl (C=O) groups excluding carboxylic acids is 3. The van der Waals surface area contributed by atoms with Crippen LogP contribution in [0.15, 0.2) is 60.8 Å². The van der Waals surface area contributed by atoms with Crippen LogP contribution in [0, 0.1) is 10.8 Å². The quantitative estimate of drug-likeness (QED) is 0.401. The van der Waals surface area contributed by atoms with Crippen molar-refractivity contribution in [1.82, 2.24) is 15.2 Å². The molecule has 3 aromatic rings. The molecular formula is C32H42N4O3. The lowest BCUT2D eigenvalue weighted by Gasteiger charge is -2.45. The van der Waals surface area contributed by atoms with E-state index in [9.17, 15) is 14.4 Å². The summed E-state index contributed by atoms with van der Waals surface area (Å²) in [5, 5.41) is 3.95. The molecule has 2 amide bonds. The first-order valence-electron chi connectivity index (χ1n) is 13.8. The van der Waals surface area contributed by atoms with Crippen molar-refractivity contribution in [1.29, 1.82) is 0 Å². The van der Waals surface area contributed by atoms with Crippen molar-refractivity contribution in [3.8, 4) is 0 Å². The molecule has 1 fully saturated rings. The Morgan fingerprint density at radius 2 is 1.69 bits per heavy atom. The third-order valence-electron chi connectivity index (χ3n) is 7.72. The summed E-state index contributed by atoms with van der Waals surface area (Å²) in [4.78, 5) is 46.2. The zero-order chi connectivity index (χ0) is 28.4. The molecule has 2 atom stereocenters. The van der Waals surface area contributed by atoms with Crippen LogP contribution in [-0.4, -0.2) is 52.2 Å². The van der Waals surface area contributed by atoms with Crippen LogP contribution in [-0.2, 0) is 27.2 Å². The summed E-state index contributed by atoms with van der Waals surface area (Å²) in [6, 6.07) is 17.1. The summed E-state index contributed by atoms with van der Waals surface area (Å²) in [5.41, 5.74) is 6.70. The third kappa shape index (κ3) is 6.41. The van der Waals surface area contributed by atoms with Gasteiger partial charge in [0.05, 0.1) is 11.0 Å². The first kappa shape index (κ1) is 28.6. The molecule has 2 heterocycles. The highest BCUT2D eigenvalue weighted by molar-refractivity contribution is 5.94. The third-order valence-corrected chi connectivity index (χ3v) is 7.72. The number of nitrogens with one attached hydrogen (secondary N) is 2.